The third kappa shape index (κ3) is 4.22. The van der Waals surface area contributed by atoms with E-state index in [4.69, 9.17) is 4.74 Å². The average Bonchev–Trinajstić information content (AvgIpc) is 3.14. The van der Waals surface area contributed by atoms with Gasteiger partial charge in [0, 0.05) is 26.2 Å². The van der Waals surface area contributed by atoms with Gasteiger partial charge in [0.15, 0.2) is 0 Å². The van der Waals surface area contributed by atoms with Gasteiger partial charge in [-0.25, -0.2) is 0 Å². The van der Waals surface area contributed by atoms with Crippen molar-refractivity contribution in [3.8, 4) is 0 Å². The third-order valence-electron chi connectivity index (χ3n) is 8.10. The Morgan fingerprint density at radius 2 is 1.71 bits per heavy atom. The van der Waals surface area contributed by atoms with Crippen molar-refractivity contribution < 1.29 is 24.2 Å². The number of hydrogen-bond acceptors (Lipinski definition) is 5. The lowest BCUT2D eigenvalue weighted by Crippen LogP contribution is -2.59. The number of unbranched alkanes of at least 4 members (excludes halogenated alkanes) is 2. The van der Waals surface area contributed by atoms with Crippen LogP contribution in [0.3, 0.4) is 0 Å². The van der Waals surface area contributed by atoms with E-state index in [0.29, 0.717) is 26.2 Å². The molecule has 8 nitrogen and oxygen atoms in total. The highest BCUT2D eigenvalue weighted by Gasteiger charge is 2.72. The topological polar surface area (TPSA) is 90.4 Å². The van der Waals surface area contributed by atoms with E-state index in [1.54, 1.807) is 9.80 Å². The summed E-state index contributed by atoms with van der Waals surface area (Å²) in [7, 11) is 0. The van der Waals surface area contributed by atoms with Gasteiger partial charge in [-0.1, -0.05) is 64.8 Å². The predicted octanol–water partition coefficient (Wildman–Crippen LogP) is 1.98. The van der Waals surface area contributed by atoms with E-state index in [0.717, 1.165) is 25.7 Å². The first-order valence-corrected chi connectivity index (χ1v) is 13.3. The monoisotopic (exact) mass is 487 g/mol. The maximum Gasteiger partial charge on any atom is 0.249 e. The van der Waals surface area contributed by atoms with Crippen molar-refractivity contribution in [3.63, 3.8) is 0 Å². The van der Waals surface area contributed by atoms with Crippen molar-refractivity contribution in [2.45, 2.75) is 77.2 Å². The first-order chi connectivity index (χ1) is 16.8. The number of rotatable bonds is 9. The van der Waals surface area contributed by atoms with Crippen LogP contribution in [-0.4, -0.2) is 94.1 Å². The smallest absolute Gasteiger partial charge is 0.249 e. The summed E-state index contributed by atoms with van der Waals surface area (Å²) in [6.45, 7) is 9.95. The first kappa shape index (κ1) is 25.9. The summed E-state index contributed by atoms with van der Waals surface area (Å²) in [4.78, 5) is 47.2. The Labute approximate surface area is 208 Å². The van der Waals surface area contributed by atoms with Crippen LogP contribution in [0.2, 0.25) is 0 Å². The molecule has 6 atom stereocenters. The van der Waals surface area contributed by atoms with Gasteiger partial charge in [-0.05, 0) is 18.8 Å². The van der Waals surface area contributed by atoms with E-state index in [2.05, 4.69) is 6.92 Å². The Morgan fingerprint density at radius 1 is 1.00 bits per heavy atom. The zero-order valence-corrected chi connectivity index (χ0v) is 21.6. The van der Waals surface area contributed by atoms with E-state index in [1.165, 1.54) is 0 Å². The van der Waals surface area contributed by atoms with Crippen molar-refractivity contribution in [2.75, 3.05) is 32.8 Å². The fourth-order valence-electron chi connectivity index (χ4n) is 6.38. The van der Waals surface area contributed by atoms with Crippen LogP contribution < -0.4 is 0 Å². The molecule has 3 amide bonds. The molecule has 0 aromatic carbocycles. The summed E-state index contributed by atoms with van der Waals surface area (Å²) in [5, 5.41) is 10.3. The van der Waals surface area contributed by atoms with E-state index < -0.39 is 35.6 Å². The summed E-state index contributed by atoms with van der Waals surface area (Å²) in [6.07, 6.45) is 10.9. The van der Waals surface area contributed by atoms with Crippen LogP contribution in [0.5, 0.6) is 0 Å². The SMILES string of the molecule is CCCCCN1CC=C[C@]23O[C@@H]4C=CCN(CCC)C(=O)[C@@H]4[C@H]2C(=O)N([C@@H](CO)C(C)C)C3C1=O. The molecule has 4 aliphatic heterocycles. The highest BCUT2D eigenvalue weighted by Crippen LogP contribution is 2.54. The second-order valence-electron chi connectivity index (χ2n) is 10.7. The number of carbonyl (C=O) groups excluding carboxylic acids is 3. The number of ether oxygens (including phenoxy) is 1. The molecule has 0 aromatic rings. The van der Waals surface area contributed by atoms with Crippen LogP contribution in [0.4, 0.5) is 0 Å². The second kappa shape index (κ2) is 10.4. The number of fused-ring (bicyclic) bond motifs is 2. The van der Waals surface area contributed by atoms with Gasteiger partial charge in [-0.15, -0.1) is 0 Å². The Balaban J connectivity index is 1.80. The molecule has 4 aliphatic rings. The third-order valence-corrected chi connectivity index (χ3v) is 8.10. The van der Waals surface area contributed by atoms with Gasteiger partial charge in [0.05, 0.1) is 30.6 Å². The summed E-state index contributed by atoms with van der Waals surface area (Å²) in [5.74, 6) is -2.05. The van der Waals surface area contributed by atoms with Gasteiger partial charge >= 0.3 is 0 Å². The minimum atomic E-state index is -1.22. The molecule has 194 valence electrons. The predicted molar refractivity (Wildman–Crippen MR) is 132 cm³/mol. The number of amides is 3. The molecule has 0 saturated carbocycles. The number of carbonyl (C=O) groups is 3. The standard InChI is InChI=1S/C27H41N3O5/c1-5-7-8-14-29-16-10-12-27-22(21-20(35-27)11-9-15-28(13-6-2)24(21)32)25(33)30(23(27)26(29)34)19(17-31)18(3)4/h9-12,18-23,31H,5-8,13-17H2,1-4H3/t19-,20+,21-,22-,23?,27-/m0/s1. The number of nitrogens with zero attached hydrogens (tertiary/aromatic N) is 3. The molecular weight excluding hydrogens is 446 g/mol. The van der Waals surface area contributed by atoms with Crippen LogP contribution in [0.15, 0.2) is 24.3 Å². The number of aliphatic hydroxyl groups excluding tert-OH is 1. The highest BCUT2D eigenvalue weighted by atomic mass is 16.5. The van der Waals surface area contributed by atoms with Gasteiger partial charge < -0.3 is 24.5 Å². The molecule has 0 aliphatic carbocycles. The normalized spacial score (nSPS) is 33.2. The maximum absolute atomic E-state index is 14.2. The zero-order valence-electron chi connectivity index (χ0n) is 21.6. The lowest BCUT2D eigenvalue weighted by molar-refractivity contribution is -0.152. The fraction of sp³-hybridized carbons (Fsp3) is 0.741. The molecule has 35 heavy (non-hydrogen) atoms. The van der Waals surface area contributed by atoms with Gasteiger partial charge in [-0.2, -0.15) is 0 Å². The van der Waals surface area contributed by atoms with E-state index in [-0.39, 0.29) is 30.2 Å². The van der Waals surface area contributed by atoms with Crippen LogP contribution in [0, 0.1) is 17.8 Å². The molecule has 2 saturated heterocycles. The van der Waals surface area contributed by atoms with Gasteiger partial charge in [-0.3, -0.25) is 14.4 Å². The maximum atomic E-state index is 14.2. The largest absolute Gasteiger partial charge is 0.394 e. The Kier molecular flexibility index (Phi) is 7.71. The molecule has 0 aromatic heterocycles. The summed E-state index contributed by atoms with van der Waals surface area (Å²) < 4.78 is 6.64. The Bertz CT molecular complexity index is 886. The molecule has 0 radical (unpaired) electrons. The lowest BCUT2D eigenvalue weighted by Gasteiger charge is -2.39. The number of hydrogen-bond donors (Lipinski definition) is 1. The molecule has 4 rings (SSSR count). The molecule has 1 spiro atoms. The lowest BCUT2D eigenvalue weighted by atomic mass is 9.77. The van der Waals surface area contributed by atoms with Gasteiger partial charge in [0.25, 0.3) is 0 Å². The number of likely N-dealkylation sites (tertiary alicyclic amines) is 1. The van der Waals surface area contributed by atoms with Crippen LogP contribution >= 0.6 is 0 Å². The fourth-order valence-corrected chi connectivity index (χ4v) is 6.38. The Hall–Kier alpha value is -2.19. The summed E-state index contributed by atoms with van der Waals surface area (Å²) in [5.41, 5.74) is -1.22. The van der Waals surface area contributed by atoms with Gasteiger partial charge in [0.2, 0.25) is 17.7 Å². The summed E-state index contributed by atoms with van der Waals surface area (Å²) >= 11 is 0. The minimum absolute atomic E-state index is 0.0643. The Morgan fingerprint density at radius 3 is 2.37 bits per heavy atom. The minimum Gasteiger partial charge on any atom is -0.394 e. The van der Waals surface area contributed by atoms with E-state index in [9.17, 15) is 19.5 Å². The van der Waals surface area contributed by atoms with Crippen molar-refractivity contribution in [2.24, 2.45) is 17.8 Å². The molecule has 2 fully saturated rings. The van der Waals surface area contributed by atoms with Crippen LogP contribution in [0.25, 0.3) is 0 Å². The molecule has 4 heterocycles. The molecular formula is C27H41N3O5. The van der Waals surface area contributed by atoms with Crippen LogP contribution in [0.1, 0.15) is 53.4 Å². The van der Waals surface area contributed by atoms with E-state index in [1.807, 2.05) is 50.0 Å². The summed E-state index contributed by atoms with van der Waals surface area (Å²) in [6, 6.07) is -1.43. The van der Waals surface area contributed by atoms with E-state index >= 15 is 0 Å². The van der Waals surface area contributed by atoms with Crippen molar-refractivity contribution in [1.82, 2.24) is 14.7 Å². The quantitative estimate of drug-likeness (QED) is 0.397. The van der Waals surface area contributed by atoms with Gasteiger partial charge in [0.1, 0.15) is 11.6 Å². The van der Waals surface area contributed by atoms with Crippen molar-refractivity contribution in [1.29, 1.82) is 0 Å². The average molecular weight is 488 g/mol. The van der Waals surface area contributed by atoms with Crippen molar-refractivity contribution in [3.05, 3.63) is 24.3 Å². The van der Waals surface area contributed by atoms with Crippen LogP contribution in [-0.2, 0) is 19.1 Å². The molecule has 1 unspecified atom stereocenters. The highest BCUT2D eigenvalue weighted by molar-refractivity contribution is 6.00. The number of aliphatic hydroxyl groups is 1. The zero-order chi connectivity index (χ0) is 25.3. The molecule has 1 N–H and O–H groups in total. The molecule has 0 bridgehead atoms. The van der Waals surface area contributed by atoms with Crippen molar-refractivity contribution >= 4 is 17.7 Å². The first-order valence-electron chi connectivity index (χ1n) is 13.3. The molecule has 8 heteroatoms. The second-order valence-corrected chi connectivity index (χ2v) is 10.7.